The minimum atomic E-state index is -4.44. The highest BCUT2D eigenvalue weighted by atomic mass is 19.4. The monoisotopic (exact) mass is 411 g/mol. The number of hydrogen-bond donors (Lipinski definition) is 0. The van der Waals surface area contributed by atoms with E-state index in [-0.39, 0.29) is 43.4 Å². The van der Waals surface area contributed by atoms with Gasteiger partial charge in [-0.15, -0.1) is 0 Å². The zero-order chi connectivity index (χ0) is 21.3. The second-order valence-corrected chi connectivity index (χ2v) is 7.62. The standard InChI is InChI=1S/C20H24F3N3O3/c1-13(14-5-3-6-15(11-14)20(21,22)23)26(16-8-9-16)17(27)7-4-10-25-18(28)12-24(2)19(25)29/h3,5-6,11,13,16H,4,7-10,12H2,1-2H3. The number of hydrogen-bond acceptors (Lipinski definition) is 3. The van der Waals surface area contributed by atoms with Crippen LogP contribution < -0.4 is 0 Å². The van der Waals surface area contributed by atoms with Gasteiger partial charge in [0.15, 0.2) is 0 Å². The van der Waals surface area contributed by atoms with Gasteiger partial charge >= 0.3 is 12.2 Å². The molecule has 1 saturated carbocycles. The number of rotatable bonds is 7. The number of urea groups is 1. The predicted octanol–water partition coefficient (Wildman–Crippen LogP) is 3.43. The van der Waals surface area contributed by atoms with Crippen molar-refractivity contribution in [2.45, 2.75) is 50.9 Å². The number of benzene rings is 1. The van der Waals surface area contributed by atoms with E-state index in [2.05, 4.69) is 0 Å². The molecular weight excluding hydrogens is 387 g/mol. The minimum Gasteiger partial charge on any atom is -0.333 e. The third-order valence-corrected chi connectivity index (χ3v) is 5.35. The Balaban J connectivity index is 1.64. The van der Waals surface area contributed by atoms with Gasteiger partial charge in [0, 0.05) is 26.1 Å². The van der Waals surface area contributed by atoms with Crippen molar-refractivity contribution in [3.63, 3.8) is 0 Å². The number of nitrogens with zero attached hydrogens (tertiary/aromatic N) is 3. The van der Waals surface area contributed by atoms with E-state index in [1.165, 1.54) is 18.0 Å². The van der Waals surface area contributed by atoms with Crippen LogP contribution in [0.4, 0.5) is 18.0 Å². The van der Waals surface area contributed by atoms with Crippen LogP contribution in [-0.2, 0) is 15.8 Å². The van der Waals surface area contributed by atoms with Gasteiger partial charge in [-0.2, -0.15) is 13.2 Å². The fourth-order valence-corrected chi connectivity index (χ4v) is 3.63. The zero-order valence-corrected chi connectivity index (χ0v) is 16.4. The third kappa shape index (κ3) is 4.71. The average Bonchev–Trinajstić information content (AvgIpc) is 3.45. The number of carbonyl (C=O) groups excluding carboxylic acids is 3. The highest BCUT2D eigenvalue weighted by Crippen LogP contribution is 2.37. The molecular formula is C20H24F3N3O3. The van der Waals surface area contributed by atoms with Crippen molar-refractivity contribution in [1.29, 1.82) is 0 Å². The van der Waals surface area contributed by atoms with Gasteiger partial charge < -0.3 is 9.80 Å². The highest BCUT2D eigenvalue weighted by Gasteiger charge is 2.38. The summed E-state index contributed by atoms with van der Waals surface area (Å²) in [5.41, 5.74) is -0.299. The summed E-state index contributed by atoms with van der Waals surface area (Å²) in [5, 5.41) is 0. The number of halogens is 3. The van der Waals surface area contributed by atoms with E-state index < -0.39 is 17.8 Å². The summed E-state index contributed by atoms with van der Waals surface area (Å²) in [6.45, 7) is 1.92. The fourth-order valence-electron chi connectivity index (χ4n) is 3.63. The van der Waals surface area contributed by atoms with Crippen LogP contribution in [0.15, 0.2) is 24.3 Å². The molecule has 0 bridgehead atoms. The van der Waals surface area contributed by atoms with E-state index in [1.54, 1.807) is 17.9 Å². The Morgan fingerprint density at radius 1 is 1.28 bits per heavy atom. The summed E-state index contributed by atoms with van der Waals surface area (Å²) in [4.78, 5) is 40.6. The second-order valence-electron chi connectivity index (χ2n) is 7.62. The molecule has 1 aliphatic carbocycles. The second kappa shape index (κ2) is 8.04. The van der Waals surface area contributed by atoms with E-state index in [1.807, 2.05) is 0 Å². The van der Waals surface area contributed by atoms with Crippen molar-refractivity contribution < 1.29 is 27.6 Å². The lowest BCUT2D eigenvalue weighted by molar-refractivity contribution is -0.137. The molecule has 1 heterocycles. The van der Waals surface area contributed by atoms with Crippen LogP contribution in [0, 0.1) is 0 Å². The first-order valence-corrected chi connectivity index (χ1v) is 9.63. The molecule has 1 aromatic carbocycles. The summed E-state index contributed by atoms with van der Waals surface area (Å²) in [7, 11) is 1.54. The topological polar surface area (TPSA) is 60.9 Å². The summed E-state index contributed by atoms with van der Waals surface area (Å²) in [5.74, 6) is -0.466. The normalized spacial score (nSPS) is 18.4. The Morgan fingerprint density at radius 2 is 1.97 bits per heavy atom. The summed E-state index contributed by atoms with van der Waals surface area (Å²) in [6.07, 6.45) is -2.35. The third-order valence-electron chi connectivity index (χ3n) is 5.35. The lowest BCUT2D eigenvalue weighted by Gasteiger charge is -2.30. The molecule has 0 spiro atoms. The molecule has 2 aliphatic rings. The van der Waals surface area contributed by atoms with Crippen LogP contribution >= 0.6 is 0 Å². The Kier molecular flexibility index (Phi) is 5.86. The van der Waals surface area contributed by atoms with E-state index in [4.69, 9.17) is 0 Å². The van der Waals surface area contributed by atoms with Crippen LogP contribution in [0.1, 0.15) is 49.8 Å². The lowest BCUT2D eigenvalue weighted by Crippen LogP contribution is -2.37. The van der Waals surface area contributed by atoms with Crippen molar-refractivity contribution in [2.75, 3.05) is 20.1 Å². The molecule has 0 aromatic heterocycles. The first kappa shape index (κ1) is 21.1. The molecule has 158 valence electrons. The van der Waals surface area contributed by atoms with E-state index in [9.17, 15) is 27.6 Å². The van der Waals surface area contributed by atoms with Crippen LogP contribution in [0.25, 0.3) is 0 Å². The molecule has 0 N–H and O–H groups in total. The summed E-state index contributed by atoms with van der Waals surface area (Å²) < 4.78 is 39.1. The number of likely N-dealkylation sites (N-methyl/N-ethyl adjacent to an activating group) is 1. The minimum absolute atomic E-state index is 0.0215. The molecule has 6 nitrogen and oxygen atoms in total. The average molecular weight is 411 g/mol. The van der Waals surface area contributed by atoms with Crippen molar-refractivity contribution in [3.8, 4) is 0 Å². The van der Waals surface area contributed by atoms with Crippen molar-refractivity contribution in [2.24, 2.45) is 0 Å². The van der Waals surface area contributed by atoms with Gasteiger partial charge in [0.2, 0.25) is 11.8 Å². The predicted molar refractivity (Wildman–Crippen MR) is 98.7 cm³/mol. The van der Waals surface area contributed by atoms with E-state index >= 15 is 0 Å². The van der Waals surface area contributed by atoms with E-state index in [0.29, 0.717) is 12.0 Å². The Hall–Kier alpha value is -2.58. The lowest BCUT2D eigenvalue weighted by atomic mass is 10.0. The molecule has 4 amide bonds. The maximum absolute atomic E-state index is 13.0. The fraction of sp³-hybridized carbons (Fsp3) is 0.550. The smallest absolute Gasteiger partial charge is 0.333 e. The molecule has 29 heavy (non-hydrogen) atoms. The molecule has 1 aromatic rings. The number of imide groups is 1. The molecule has 1 aliphatic heterocycles. The molecule has 9 heteroatoms. The SMILES string of the molecule is CC(c1cccc(C(F)(F)F)c1)N(C(=O)CCCN1C(=O)CN(C)C1=O)C1CC1. The van der Waals surface area contributed by atoms with Gasteiger partial charge in [-0.25, -0.2) is 4.79 Å². The van der Waals surface area contributed by atoms with Gasteiger partial charge in [-0.05, 0) is 43.9 Å². The Labute approximate surface area is 167 Å². The largest absolute Gasteiger partial charge is 0.416 e. The highest BCUT2D eigenvalue weighted by molar-refractivity contribution is 6.01. The molecule has 2 fully saturated rings. The Bertz CT molecular complexity index is 808. The number of alkyl halides is 3. The number of carbonyl (C=O) groups is 3. The Morgan fingerprint density at radius 3 is 2.52 bits per heavy atom. The summed E-state index contributed by atoms with van der Waals surface area (Å²) in [6, 6.07) is 4.21. The first-order valence-electron chi connectivity index (χ1n) is 9.63. The maximum Gasteiger partial charge on any atom is 0.416 e. The van der Waals surface area contributed by atoms with Crippen molar-refractivity contribution in [3.05, 3.63) is 35.4 Å². The van der Waals surface area contributed by atoms with Crippen LogP contribution in [0.5, 0.6) is 0 Å². The quantitative estimate of drug-likeness (QED) is 0.646. The van der Waals surface area contributed by atoms with Gasteiger partial charge in [0.25, 0.3) is 0 Å². The molecule has 1 saturated heterocycles. The van der Waals surface area contributed by atoms with Gasteiger partial charge in [0.1, 0.15) is 6.54 Å². The van der Waals surface area contributed by atoms with Crippen LogP contribution in [-0.4, -0.2) is 58.7 Å². The van der Waals surface area contributed by atoms with Gasteiger partial charge in [-0.3, -0.25) is 14.5 Å². The maximum atomic E-state index is 13.0. The number of amides is 4. The van der Waals surface area contributed by atoms with Crippen molar-refractivity contribution >= 4 is 17.8 Å². The van der Waals surface area contributed by atoms with Crippen LogP contribution in [0.2, 0.25) is 0 Å². The van der Waals surface area contributed by atoms with E-state index in [0.717, 1.165) is 29.9 Å². The zero-order valence-electron chi connectivity index (χ0n) is 16.4. The van der Waals surface area contributed by atoms with Crippen molar-refractivity contribution in [1.82, 2.24) is 14.7 Å². The summed E-state index contributed by atoms with van der Waals surface area (Å²) >= 11 is 0. The first-order chi connectivity index (χ1) is 13.6. The molecule has 3 rings (SSSR count). The van der Waals surface area contributed by atoms with Gasteiger partial charge in [0.05, 0.1) is 11.6 Å². The molecule has 0 radical (unpaired) electrons. The van der Waals surface area contributed by atoms with Crippen LogP contribution in [0.3, 0.4) is 0 Å². The van der Waals surface area contributed by atoms with Gasteiger partial charge in [-0.1, -0.05) is 12.1 Å². The molecule has 1 atom stereocenters. The molecule has 1 unspecified atom stereocenters.